The lowest BCUT2D eigenvalue weighted by Gasteiger charge is -2.21. The average Bonchev–Trinajstić information content (AvgIpc) is 3.38. The summed E-state index contributed by atoms with van der Waals surface area (Å²) >= 11 is 6.20. The maximum absolute atomic E-state index is 13.1. The quantitative estimate of drug-likeness (QED) is 0.464. The Morgan fingerprint density at radius 2 is 2.06 bits per heavy atom. The van der Waals surface area contributed by atoms with Crippen molar-refractivity contribution >= 4 is 34.6 Å². The molecule has 0 bridgehead atoms. The highest BCUT2D eigenvalue weighted by atomic mass is 35.5. The van der Waals surface area contributed by atoms with Gasteiger partial charge in [0.2, 0.25) is 0 Å². The minimum absolute atomic E-state index is 0.107. The van der Waals surface area contributed by atoms with Gasteiger partial charge in [-0.1, -0.05) is 17.7 Å². The number of rotatable bonds is 6. The van der Waals surface area contributed by atoms with Crippen molar-refractivity contribution in [3.8, 4) is 11.3 Å². The smallest absolute Gasteiger partial charge is 0.261 e. The molecular weight excluding hydrogens is 432 g/mol. The number of anilines is 1. The average molecular weight is 453 g/mol. The molecule has 0 unspecified atom stereocenters. The number of benzene rings is 1. The summed E-state index contributed by atoms with van der Waals surface area (Å²) in [4.78, 5) is 29.5. The topological polar surface area (TPSA) is 114 Å². The molecule has 1 aromatic carbocycles. The van der Waals surface area contributed by atoms with E-state index in [2.05, 4.69) is 20.5 Å². The molecule has 0 spiro atoms. The Labute approximate surface area is 188 Å². The van der Waals surface area contributed by atoms with Crippen LogP contribution in [0.3, 0.4) is 0 Å². The van der Waals surface area contributed by atoms with Gasteiger partial charge in [0.1, 0.15) is 16.8 Å². The Morgan fingerprint density at radius 3 is 2.78 bits per heavy atom. The van der Waals surface area contributed by atoms with Crippen molar-refractivity contribution in [2.75, 3.05) is 5.32 Å². The molecule has 2 N–H and O–H groups in total. The summed E-state index contributed by atoms with van der Waals surface area (Å²) < 4.78 is 3.00. The van der Waals surface area contributed by atoms with E-state index < -0.39 is 11.4 Å². The predicted molar refractivity (Wildman–Crippen MR) is 120 cm³/mol. The van der Waals surface area contributed by atoms with E-state index in [-0.39, 0.29) is 18.0 Å². The van der Waals surface area contributed by atoms with Crippen molar-refractivity contribution < 1.29 is 14.7 Å². The molecule has 0 aliphatic heterocycles. The van der Waals surface area contributed by atoms with Crippen molar-refractivity contribution in [3.05, 3.63) is 65.2 Å². The van der Waals surface area contributed by atoms with Gasteiger partial charge in [0, 0.05) is 23.0 Å². The summed E-state index contributed by atoms with van der Waals surface area (Å²) in [5, 5.41) is 21.9. The summed E-state index contributed by atoms with van der Waals surface area (Å²) in [7, 11) is 0. The van der Waals surface area contributed by atoms with E-state index >= 15 is 0 Å². The fraction of sp³-hybridized carbons (Fsp3) is 0.227. The fourth-order valence-corrected chi connectivity index (χ4v) is 3.37. The second-order valence-corrected chi connectivity index (χ2v) is 8.25. The second-order valence-electron chi connectivity index (χ2n) is 7.81. The van der Waals surface area contributed by atoms with Crippen molar-refractivity contribution in [3.63, 3.8) is 0 Å². The van der Waals surface area contributed by atoms with Crippen LogP contribution in [0.5, 0.6) is 0 Å². The molecule has 10 heteroatoms. The van der Waals surface area contributed by atoms with Crippen molar-refractivity contribution in [2.24, 2.45) is 0 Å². The fourth-order valence-electron chi connectivity index (χ4n) is 3.20. The summed E-state index contributed by atoms with van der Waals surface area (Å²) in [5.41, 5.74) is 1.59. The van der Waals surface area contributed by atoms with E-state index in [1.165, 1.54) is 22.3 Å². The highest BCUT2D eigenvalue weighted by molar-refractivity contribution is 6.31. The third kappa shape index (κ3) is 3.76. The molecule has 4 rings (SSSR count). The SMILES string of the molecule is CC(=O)C(C)(C)n1cc(NC(=O)c2cnn3cccnc23)c(-c2cc(Cl)ccc2CO)n1. The largest absolute Gasteiger partial charge is 0.392 e. The monoisotopic (exact) mass is 452 g/mol. The van der Waals surface area contributed by atoms with E-state index in [0.29, 0.717) is 33.2 Å². The number of fused-ring (bicyclic) bond motifs is 1. The van der Waals surface area contributed by atoms with Crippen LogP contribution < -0.4 is 5.32 Å². The standard InChI is InChI=1S/C22H21ClN6O3/c1-13(31)22(2,3)29-11-18(19(27-29)16-9-15(23)6-5-14(16)12-30)26-21(32)17-10-25-28-8-4-7-24-20(17)28/h4-11,30H,12H2,1-3H3,(H,26,32). The molecule has 0 saturated carbocycles. The zero-order valence-electron chi connectivity index (χ0n) is 17.7. The van der Waals surface area contributed by atoms with Crippen LogP contribution in [-0.2, 0) is 16.9 Å². The third-order valence-electron chi connectivity index (χ3n) is 5.42. The van der Waals surface area contributed by atoms with E-state index in [1.54, 1.807) is 56.7 Å². The minimum Gasteiger partial charge on any atom is -0.392 e. The lowest BCUT2D eigenvalue weighted by molar-refractivity contribution is -0.124. The number of nitrogens with zero attached hydrogens (tertiary/aromatic N) is 5. The first-order valence-electron chi connectivity index (χ1n) is 9.83. The Hall–Kier alpha value is -3.56. The lowest BCUT2D eigenvalue weighted by atomic mass is 10.0. The van der Waals surface area contributed by atoms with Gasteiger partial charge in [-0.2, -0.15) is 10.2 Å². The van der Waals surface area contributed by atoms with Gasteiger partial charge in [0.25, 0.3) is 5.91 Å². The number of Topliss-reactive ketones (excluding diaryl/α,β-unsaturated/α-hetero) is 1. The number of halogens is 1. The van der Waals surface area contributed by atoms with E-state index in [4.69, 9.17) is 11.6 Å². The number of carbonyl (C=O) groups is 2. The number of hydrogen-bond donors (Lipinski definition) is 2. The molecule has 0 radical (unpaired) electrons. The van der Waals surface area contributed by atoms with Gasteiger partial charge in [0.05, 0.1) is 24.7 Å². The van der Waals surface area contributed by atoms with Crippen LogP contribution in [0.1, 0.15) is 36.7 Å². The van der Waals surface area contributed by atoms with Gasteiger partial charge in [0.15, 0.2) is 11.4 Å². The highest BCUT2D eigenvalue weighted by Gasteiger charge is 2.30. The Morgan fingerprint density at radius 1 is 1.28 bits per heavy atom. The second kappa shape index (κ2) is 8.18. The van der Waals surface area contributed by atoms with Gasteiger partial charge >= 0.3 is 0 Å². The van der Waals surface area contributed by atoms with E-state index in [1.807, 2.05) is 0 Å². The lowest BCUT2D eigenvalue weighted by Crippen LogP contribution is -2.34. The number of carbonyl (C=O) groups excluding carboxylic acids is 2. The summed E-state index contributed by atoms with van der Waals surface area (Å²) in [6.45, 7) is 4.69. The molecule has 3 aromatic heterocycles. The van der Waals surface area contributed by atoms with Gasteiger partial charge < -0.3 is 10.4 Å². The van der Waals surface area contributed by atoms with Gasteiger partial charge in [-0.25, -0.2) is 9.50 Å². The first-order chi connectivity index (χ1) is 15.2. The molecule has 1 amide bonds. The van der Waals surface area contributed by atoms with Crippen LogP contribution in [0.2, 0.25) is 5.02 Å². The molecule has 0 saturated heterocycles. The first kappa shape index (κ1) is 21.7. The molecule has 9 nitrogen and oxygen atoms in total. The number of aliphatic hydroxyl groups excluding tert-OH is 1. The van der Waals surface area contributed by atoms with Gasteiger partial charge in [-0.3, -0.25) is 14.3 Å². The molecule has 4 aromatic rings. The maximum Gasteiger partial charge on any atom is 0.261 e. The summed E-state index contributed by atoms with van der Waals surface area (Å²) in [5.74, 6) is -0.544. The molecule has 32 heavy (non-hydrogen) atoms. The van der Waals surface area contributed by atoms with Gasteiger partial charge in [-0.15, -0.1) is 0 Å². The minimum atomic E-state index is -0.957. The van der Waals surface area contributed by atoms with Crippen molar-refractivity contribution in [1.82, 2.24) is 24.4 Å². The van der Waals surface area contributed by atoms with Crippen molar-refractivity contribution in [1.29, 1.82) is 0 Å². The maximum atomic E-state index is 13.1. The van der Waals surface area contributed by atoms with Crippen LogP contribution in [-0.4, -0.2) is 41.2 Å². The Kier molecular flexibility index (Phi) is 5.53. The van der Waals surface area contributed by atoms with E-state index in [0.717, 1.165) is 0 Å². The molecular formula is C22H21ClN6O3. The third-order valence-corrected chi connectivity index (χ3v) is 5.65. The number of amides is 1. The van der Waals surface area contributed by atoms with Crippen molar-refractivity contribution in [2.45, 2.75) is 32.9 Å². The number of hydrogen-bond acceptors (Lipinski definition) is 6. The molecule has 164 valence electrons. The Balaban J connectivity index is 1.83. The highest BCUT2D eigenvalue weighted by Crippen LogP contribution is 2.34. The molecule has 0 aliphatic carbocycles. The van der Waals surface area contributed by atoms with E-state index in [9.17, 15) is 14.7 Å². The summed E-state index contributed by atoms with van der Waals surface area (Å²) in [6, 6.07) is 6.72. The molecule has 3 heterocycles. The normalized spacial score (nSPS) is 11.7. The zero-order valence-corrected chi connectivity index (χ0v) is 18.5. The van der Waals surface area contributed by atoms with Gasteiger partial charge in [-0.05, 0) is 44.5 Å². The number of nitrogens with one attached hydrogen (secondary N) is 1. The number of ketones is 1. The van der Waals surface area contributed by atoms with Crippen LogP contribution in [0.25, 0.3) is 16.9 Å². The molecule has 0 aliphatic rings. The zero-order chi connectivity index (χ0) is 23.0. The number of aliphatic hydroxyl groups is 1. The summed E-state index contributed by atoms with van der Waals surface area (Å²) in [6.07, 6.45) is 6.29. The Bertz CT molecular complexity index is 1340. The number of aromatic nitrogens is 5. The predicted octanol–water partition coefficient (Wildman–Crippen LogP) is 3.31. The first-order valence-corrected chi connectivity index (χ1v) is 10.2. The molecule has 0 fully saturated rings. The van der Waals surface area contributed by atoms with Crippen LogP contribution in [0, 0.1) is 0 Å². The molecule has 0 atom stereocenters. The van der Waals surface area contributed by atoms with Crippen LogP contribution in [0.15, 0.2) is 49.1 Å². The van der Waals surface area contributed by atoms with Crippen LogP contribution >= 0.6 is 11.6 Å². The van der Waals surface area contributed by atoms with Crippen LogP contribution in [0.4, 0.5) is 5.69 Å².